The number of rotatable bonds is 5. The predicted molar refractivity (Wildman–Crippen MR) is 90.6 cm³/mol. The van der Waals surface area contributed by atoms with E-state index in [0.29, 0.717) is 18.1 Å². The summed E-state index contributed by atoms with van der Waals surface area (Å²) in [6.45, 7) is 0.454. The largest absolute Gasteiger partial charge is 0.481 e. The van der Waals surface area contributed by atoms with Crippen molar-refractivity contribution < 1.29 is 9.53 Å². The van der Waals surface area contributed by atoms with Gasteiger partial charge in [-0.2, -0.15) is 5.10 Å². The molecule has 0 aliphatic rings. The van der Waals surface area contributed by atoms with Gasteiger partial charge in [0.15, 0.2) is 0 Å². The number of pyridine rings is 1. The summed E-state index contributed by atoms with van der Waals surface area (Å²) in [6, 6.07) is 15.2. The fourth-order valence-electron chi connectivity index (χ4n) is 2.36. The Bertz CT molecular complexity index is 813. The molecule has 3 rings (SSSR count). The number of H-pyrrole nitrogens is 1. The third kappa shape index (κ3) is 3.43. The van der Waals surface area contributed by atoms with Gasteiger partial charge in [-0.05, 0) is 11.6 Å². The molecule has 0 bridgehead atoms. The Hall–Kier alpha value is -3.15. The number of nitrogens with one attached hydrogen (secondary N) is 1. The molecule has 0 fully saturated rings. The number of aromatic amines is 1. The van der Waals surface area contributed by atoms with Gasteiger partial charge < -0.3 is 9.64 Å². The van der Waals surface area contributed by atoms with Crippen molar-refractivity contribution in [2.45, 2.75) is 6.54 Å². The number of hydrogen-bond donors (Lipinski definition) is 1. The van der Waals surface area contributed by atoms with Crippen molar-refractivity contribution in [3.8, 4) is 17.1 Å². The highest BCUT2D eigenvalue weighted by Gasteiger charge is 2.15. The highest BCUT2D eigenvalue weighted by atomic mass is 16.5. The van der Waals surface area contributed by atoms with E-state index in [9.17, 15) is 4.79 Å². The number of amides is 1. The molecule has 6 heteroatoms. The fraction of sp³-hybridized carbons (Fsp3) is 0.167. The molecule has 0 spiro atoms. The van der Waals surface area contributed by atoms with Crippen LogP contribution in [0, 0.1) is 0 Å². The van der Waals surface area contributed by atoms with Gasteiger partial charge in [0.2, 0.25) is 5.88 Å². The van der Waals surface area contributed by atoms with E-state index in [1.165, 1.54) is 0 Å². The van der Waals surface area contributed by atoms with E-state index in [-0.39, 0.29) is 5.91 Å². The van der Waals surface area contributed by atoms with E-state index in [2.05, 4.69) is 15.2 Å². The first-order valence-corrected chi connectivity index (χ1v) is 7.52. The van der Waals surface area contributed by atoms with Crippen LogP contribution in [0.3, 0.4) is 0 Å². The minimum absolute atomic E-state index is 0.125. The number of aromatic nitrogens is 3. The second-order valence-corrected chi connectivity index (χ2v) is 5.40. The molecule has 1 amide bonds. The highest BCUT2D eigenvalue weighted by molar-refractivity contribution is 5.93. The molecule has 0 atom stereocenters. The molecule has 0 aliphatic heterocycles. The molecular weight excluding hydrogens is 304 g/mol. The summed E-state index contributed by atoms with van der Waals surface area (Å²) < 4.78 is 5.03. The van der Waals surface area contributed by atoms with Crippen molar-refractivity contribution in [3.05, 3.63) is 66.0 Å². The van der Waals surface area contributed by atoms with E-state index in [1.807, 2.05) is 36.4 Å². The summed E-state index contributed by atoms with van der Waals surface area (Å²) in [7, 11) is 3.32. The molecule has 122 valence electrons. The normalized spacial score (nSPS) is 10.4. The number of nitrogens with zero attached hydrogens (tertiary/aromatic N) is 3. The minimum atomic E-state index is -0.125. The summed E-state index contributed by atoms with van der Waals surface area (Å²) >= 11 is 0. The standard InChI is InChI=1S/C18H18N4O2/c1-22(12-13-8-9-17(24-2)19-11-13)18(23)16-10-15(20-21-16)14-6-4-3-5-7-14/h3-11H,12H2,1-2H3,(H,20,21). The maximum atomic E-state index is 12.5. The van der Waals surface area contributed by atoms with Gasteiger partial charge in [0.05, 0.1) is 12.8 Å². The van der Waals surface area contributed by atoms with E-state index in [0.717, 1.165) is 16.8 Å². The average Bonchev–Trinajstić information content (AvgIpc) is 3.12. The van der Waals surface area contributed by atoms with Crippen molar-refractivity contribution in [2.75, 3.05) is 14.2 Å². The summed E-state index contributed by atoms with van der Waals surface area (Å²) in [6.07, 6.45) is 1.70. The lowest BCUT2D eigenvalue weighted by atomic mass is 10.1. The summed E-state index contributed by atoms with van der Waals surface area (Å²) in [4.78, 5) is 18.3. The summed E-state index contributed by atoms with van der Waals surface area (Å²) in [5.74, 6) is 0.425. The molecule has 2 aromatic heterocycles. The Morgan fingerprint density at radius 3 is 2.67 bits per heavy atom. The third-order valence-corrected chi connectivity index (χ3v) is 3.65. The molecule has 6 nitrogen and oxygen atoms in total. The first-order chi connectivity index (χ1) is 11.7. The van der Waals surface area contributed by atoms with Crippen molar-refractivity contribution >= 4 is 5.91 Å². The first kappa shape index (κ1) is 15.7. The molecule has 1 N–H and O–H groups in total. The number of carbonyl (C=O) groups excluding carboxylic acids is 1. The maximum absolute atomic E-state index is 12.5. The molecular formula is C18H18N4O2. The Morgan fingerprint density at radius 1 is 1.21 bits per heavy atom. The molecule has 0 saturated heterocycles. The number of methoxy groups -OCH3 is 1. The van der Waals surface area contributed by atoms with Crippen LogP contribution in [0.25, 0.3) is 11.3 Å². The Balaban J connectivity index is 1.70. The van der Waals surface area contributed by atoms with Gasteiger partial charge in [-0.25, -0.2) is 4.98 Å². The lowest BCUT2D eigenvalue weighted by Crippen LogP contribution is -2.26. The van der Waals surface area contributed by atoms with E-state index in [1.54, 1.807) is 37.4 Å². The Morgan fingerprint density at radius 2 is 2.00 bits per heavy atom. The van der Waals surface area contributed by atoms with Crippen LogP contribution in [0.5, 0.6) is 5.88 Å². The molecule has 1 aromatic carbocycles. The van der Waals surface area contributed by atoms with Crippen LogP contribution in [0.2, 0.25) is 0 Å². The molecule has 0 saturated carbocycles. The monoisotopic (exact) mass is 322 g/mol. The molecule has 2 heterocycles. The van der Waals surface area contributed by atoms with E-state index < -0.39 is 0 Å². The van der Waals surface area contributed by atoms with Gasteiger partial charge in [0.25, 0.3) is 5.91 Å². The smallest absolute Gasteiger partial charge is 0.271 e. The average molecular weight is 322 g/mol. The summed E-state index contributed by atoms with van der Waals surface area (Å²) in [5.41, 5.74) is 3.10. The lowest BCUT2D eigenvalue weighted by Gasteiger charge is -2.16. The molecule has 0 aliphatic carbocycles. The molecule has 24 heavy (non-hydrogen) atoms. The zero-order valence-electron chi connectivity index (χ0n) is 13.6. The third-order valence-electron chi connectivity index (χ3n) is 3.65. The predicted octanol–water partition coefficient (Wildman–Crippen LogP) is 2.75. The zero-order chi connectivity index (χ0) is 16.9. The Kier molecular flexibility index (Phi) is 4.56. The molecule has 3 aromatic rings. The van der Waals surface area contributed by atoms with Gasteiger partial charge >= 0.3 is 0 Å². The number of carbonyl (C=O) groups is 1. The number of ether oxygens (including phenoxy) is 1. The second kappa shape index (κ2) is 6.95. The molecule has 0 radical (unpaired) electrons. The van der Waals surface area contributed by atoms with Gasteiger partial charge in [0.1, 0.15) is 5.69 Å². The van der Waals surface area contributed by atoms with E-state index >= 15 is 0 Å². The van der Waals surface area contributed by atoms with Gasteiger partial charge in [-0.3, -0.25) is 9.89 Å². The van der Waals surface area contributed by atoms with Crippen LogP contribution < -0.4 is 4.74 Å². The van der Waals surface area contributed by atoms with Crippen LogP contribution >= 0.6 is 0 Å². The van der Waals surface area contributed by atoms with Crippen LogP contribution in [0.1, 0.15) is 16.1 Å². The first-order valence-electron chi connectivity index (χ1n) is 7.52. The topological polar surface area (TPSA) is 71.1 Å². The van der Waals surface area contributed by atoms with Crippen molar-refractivity contribution in [2.24, 2.45) is 0 Å². The lowest BCUT2D eigenvalue weighted by molar-refractivity contribution is 0.0779. The van der Waals surface area contributed by atoms with Gasteiger partial charge in [-0.15, -0.1) is 0 Å². The van der Waals surface area contributed by atoms with Gasteiger partial charge in [0, 0.05) is 31.4 Å². The summed E-state index contributed by atoms with van der Waals surface area (Å²) in [5, 5.41) is 7.03. The van der Waals surface area contributed by atoms with Crippen LogP contribution in [-0.2, 0) is 6.54 Å². The van der Waals surface area contributed by atoms with Crippen molar-refractivity contribution in [1.82, 2.24) is 20.1 Å². The molecule has 0 unspecified atom stereocenters. The quantitative estimate of drug-likeness (QED) is 0.784. The van der Waals surface area contributed by atoms with Crippen LogP contribution in [-0.4, -0.2) is 40.1 Å². The maximum Gasteiger partial charge on any atom is 0.271 e. The Labute approximate surface area is 140 Å². The highest BCUT2D eigenvalue weighted by Crippen LogP contribution is 2.18. The van der Waals surface area contributed by atoms with Gasteiger partial charge in [-0.1, -0.05) is 36.4 Å². The number of hydrogen-bond acceptors (Lipinski definition) is 4. The zero-order valence-corrected chi connectivity index (χ0v) is 13.6. The van der Waals surface area contributed by atoms with Crippen molar-refractivity contribution in [1.29, 1.82) is 0 Å². The SMILES string of the molecule is COc1ccc(CN(C)C(=O)c2cc(-c3ccccc3)n[nH]2)cn1. The van der Waals surface area contributed by atoms with Crippen molar-refractivity contribution in [3.63, 3.8) is 0 Å². The second-order valence-electron chi connectivity index (χ2n) is 5.40. The fourth-order valence-corrected chi connectivity index (χ4v) is 2.36. The van der Waals surface area contributed by atoms with Crippen LogP contribution in [0.4, 0.5) is 0 Å². The number of benzene rings is 1. The van der Waals surface area contributed by atoms with E-state index in [4.69, 9.17) is 4.74 Å². The van der Waals surface area contributed by atoms with Crippen LogP contribution in [0.15, 0.2) is 54.7 Å². The minimum Gasteiger partial charge on any atom is -0.481 e.